The monoisotopic (exact) mass is 236 g/mol. The highest BCUT2D eigenvalue weighted by molar-refractivity contribution is 5.89. The largest absolute Gasteiger partial charge is 0.465 e. The first-order chi connectivity index (χ1) is 8.10. The summed E-state index contributed by atoms with van der Waals surface area (Å²) in [6, 6.07) is 4.48. The number of pyridine rings is 1. The number of aliphatic hydroxyl groups excluding tert-OH is 2. The summed E-state index contributed by atoms with van der Waals surface area (Å²) in [7, 11) is 1.24. The lowest BCUT2D eigenvalue weighted by Gasteiger charge is -2.14. The zero-order valence-corrected chi connectivity index (χ0v) is 9.20. The molecule has 17 heavy (non-hydrogen) atoms. The lowest BCUT2D eigenvalue weighted by atomic mass is 10.1. The lowest BCUT2D eigenvalue weighted by molar-refractivity contribution is 0.0189. The van der Waals surface area contributed by atoms with Crippen molar-refractivity contribution in [3.05, 3.63) is 29.6 Å². The second kappa shape index (κ2) is 5.94. The van der Waals surface area contributed by atoms with E-state index in [0.717, 1.165) is 0 Å². The molecule has 0 spiro atoms. The molecule has 1 aromatic heterocycles. The molecule has 6 nitrogen and oxygen atoms in total. The molecule has 0 saturated carbocycles. The van der Waals surface area contributed by atoms with Gasteiger partial charge in [-0.1, -0.05) is 0 Å². The van der Waals surface area contributed by atoms with Gasteiger partial charge >= 0.3 is 5.97 Å². The van der Waals surface area contributed by atoms with Crippen LogP contribution in [0.1, 0.15) is 28.6 Å². The van der Waals surface area contributed by atoms with Crippen LogP contribution in [-0.2, 0) is 4.74 Å². The van der Waals surface area contributed by atoms with Crippen LogP contribution in [0.4, 0.5) is 0 Å². The van der Waals surface area contributed by atoms with Gasteiger partial charge in [-0.2, -0.15) is 5.26 Å². The van der Waals surface area contributed by atoms with Crippen LogP contribution in [0.15, 0.2) is 18.3 Å². The van der Waals surface area contributed by atoms with Crippen LogP contribution in [0.5, 0.6) is 0 Å². The molecule has 0 amide bonds. The molecule has 1 aromatic rings. The Balaban J connectivity index is 2.92. The number of nitriles is 1. The SMILES string of the molecule is COC(=O)c1ccnc(C(O)C(O)CC#N)c1. The number of carbonyl (C=O) groups excluding carboxylic acids is 1. The molecule has 2 unspecified atom stereocenters. The van der Waals surface area contributed by atoms with Gasteiger partial charge in [0.05, 0.1) is 37.0 Å². The van der Waals surface area contributed by atoms with E-state index in [4.69, 9.17) is 5.26 Å². The van der Waals surface area contributed by atoms with Crippen LogP contribution in [0.3, 0.4) is 0 Å². The van der Waals surface area contributed by atoms with E-state index in [1.807, 2.05) is 0 Å². The Morgan fingerprint density at radius 1 is 1.65 bits per heavy atom. The highest BCUT2D eigenvalue weighted by atomic mass is 16.5. The van der Waals surface area contributed by atoms with Crippen molar-refractivity contribution >= 4 is 5.97 Å². The van der Waals surface area contributed by atoms with Crippen LogP contribution in [0, 0.1) is 11.3 Å². The molecule has 0 radical (unpaired) electrons. The Kier molecular flexibility index (Phi) is 4.57. The Morgan fingerprint density at radius 2 is 2.35 bits per heavy atom. The number of esters is 1. The Labute approximate surface area is 98.1 Å². The van der Waals surface area contributed by atoms with Crippen molar-refractivity contribution in [1.29, 1.82) is 5.26 Å². The quantitative estimate of drug-likeness (QED) is 0.722. The summed E-state index contributed by atoms with van der Waals surface area (Å²) in [6.07, 6.45) is -1.44. The number of hydrogen-bond acceptors (Lipinski definition) is 6. The fourth-order valence-electron chi connectivity index (χ4n) is 1.26. The van der Waals surface area contributed by atoms with E-state index in [1.54, 1.807) is 6.07 Å². The van der Waals surface area contributed by atoms with Crippen molar-refractivity contribution in [2.24, 2.45) is 0 Å². The van der Waals surface area contributed by atoms with E-state index < -0.39 is 18.2 Å². The predicted octanol–water partition coefficient (Wildman–Crippen LogP) is 0.176. The molecule has 2 N–H and O–H groups in total. The smallest absolute Gasteiger partial charge is 0.337 e. The van der Waals surface area contributed by atoms with Gasteiger partial charge in [0.15, 0.2) is 0 Å². The third kappa shape index (κ3) is 3.24. The molecule has 1 heterocycles. The molecular weight excluding hydrogens is 224 g/mol. The molecule has 0 aliphatic rings. The standard InChI is InChI=1S/C11H12N2O4/c1-17-11(16)7-3-5-13-8(6-7)10(15)9(14)2-4-12/h3,5-6,9-10,14-15H,2H2,1H3. The maximum atomic E-state index is 11.2. The first-order valence-corrected chi connectivity index (χ1v) is 4.87. The molecule has 1 rings (SSSR count). The number of nitrogens with zero attached hydrogens (tertiary/aromatic N) is 2. The molecule has 0 aromatic carbocycles. The predicted molar refractivity (Wildman–Crippen MR) is 56.8 cm³/mol. The topological polar surface area (TPSA) is 103 Å². The second-order valence-corrected chi connectivity index (χ2v) is 3.34. The summed E-state index contributed by atoms with van der Waals surface area (Å²) < 4.78 is 4.52. The average Bonchev–Trinajstić information content (AvgIpc) is 2.37. The highest BCUT2D eigenvalue weighted by Gasteiger charge is 2.20. The van der Waals surface area contributed by atoms with E-state index in [9.17, 15) is 15.0 Å². The first-order valence-electron chi connectivity index (χ1n) is 4.87. The van der Waals surface area contributed by atoms with Crippen LogP contribution in [0.2, 0.25) is 0 Å². The minimum absolute atomic E-state index is 0.121. The zero-order chi connectivity index (χ0) is 12.8. The number of aliphatic hydroxyl groups is 2. The minimum atomic E-state index is -1.31. The maximum absolute atomic E-state index is 11.2. The number of carbonyl (C=O) groups is 1. The molecular formula is C11H12N2O4. The van der Waals surface area contributed by atoms with Crippen LogP contribution >= 0.6 is 0 Å². The Bertz CT molecular complexity index is 441. The molecule has 90 valence electrons. The lowest BCUT2D eigenvalue weighted by Crippen LogP contribution is -2.19. The number of methoxy groups -OCH3 is 1. The minimum Gasteiger partial charge on any atom is -0.465 e. The third-order valence-electron chi connectivity index (χ3n) is 2.17. The molecule has 0 fully saturated rings. The molecule has 6 heteroatoms. The van der Waals surface area contributed by atoms with Crippen molar-refractivity contribution < 1.29 is 19.7 Å². The van der Waals surface area contributed by atoms with Gasteiger partial charge in [0, 0.05) is 6.20 Å². The summed E-state index contributed by atoms with van der Waals surface area (Å²) in [5.74, 6) is -0.560. The molecule has 0 aliphatic carbocycles. The van der Waals surface area contributed by atoms with Gasteiger partial charge in [0.1, 0.15) is 6.10 Å². The maximum Gasteiger partial charge on any atom is 0.337 e. The van der Waals surface area contributed by atoms with Crippen molar-refractivity contribution in [1.82, 2.24) is 4.98 Å². The molecule has 0 saturated heterocycles. The number of hydrogen-bond donors (Lipinski definition) is 2. The summed E-state index contributed by atoms with van der Waals surface area (Å²) in [5, 5.41) is 27.5. The summed E-state index contributed by atoms with van der Waals surface area (Å²) >= 11 is 0. The van der Waals surface area contributed by atoms with Crippen LogP contribution in [-0.4, -0.2) is 34.4 Å². The Hall–Kier alpha value is -1.97. The van der Waals surface area contributed by atoms with E-state index >= 15 is 0 Å². The molecule has 0 aliphatic heterocycles. The van der Waals surface area contributed by atoms with Gasteiger partial charge in [-0.3, -0.25) is 4.98 Å². The highest BCUT2D eigenvalue weighted by Crippen LogP contribution is 2.17. The van der Waals surface area contributed by atoms with E-state index in [-0.39, 0.29) is 17.7 Å². The number of rotatable bonds is 4. The first kappa shape index (κ1) is 13.1. The van der Waals surface area contributed by atoms with E-state index in [0.29, 0.717) is 0 Å². The van der Waals surface area contributed by atoms with Gasteiger partial charge in [-0.25, -0.2) is 4.79 Å². The fraction of sp³-hybridized carbons (Fsp3) is 0.364. The van der Waals surface area contributed by atoms with Gasteiger partial charge in [0.2, 0.25) is 0 Å². The van der Waals surface area contributed by atoms with E-state index in [1.165, 1.54) is 25.4 Å². The van der Waals surface area contributed by atoms with Crippen molar-refractivity contribution in [3.8, 4) is 6.07 Å². The van der Waals surface area contributed by atoms with Crippen molar-refractivity contribution in [2.75, 3.05) is 7.11 Å². The van der Waals surface area contributed by atoms with Crippen LogP contribution in [0.25, 0.3) is 0 Å². The normalized spacial score (nSPS) is 13.5. The van der Waals surface area contributed by atoms with Crippen LogP contribution < -0.4 is 0 Å². The van der Waals surface area contributed by atoms with Crippen molar-refractivity contribution in [2.45, 2.75) is 18.6 Å². The Morgan fingerprint density at radius 3 is 2.94 bits per heavy atom. The number of ether oxygens (including phenoxy) is 1. The summed E-state index contributed by atoms with van der Waals surface area (Å²) in [6.45, 7) is 0. The van der Waals surface area contributed by atoms with E-state index in [2.05, 4.69) is 9.72 Å². The number of aromatic nitrogens is 1. The average molecular weight is 236 g/mol. The van der Waals surface area contributed by atoms with Crippen molar-refractivity contribution in [3.63, 3.8) is 0 Å². The van der Waals surface area contributed by atoms with Gasteiger partial charge in [-0.15, -0.1) is 0 Å². The molecule has 2 atom stereocenters. The fourth-order valence-corrected chi connectivity index (χ4v) is 1.26. The summed E-state index contributed by atoms with van der Waals surface area (Å²) in [4.78, 5) is 15.1. The third-order valence-corrected chi connectivity index (χ3v) is 2.17. The van der Waals surface area contributed by atoms with Gasteiger partial charge in [0.25, 0.3) is 0 Å². The van der Waals surface area contributed by atoms with Gasteiger partial charge in [-0.05, 0) is 12.1 Å². The van der Waals surface area contributed by atoms with Gasteiger partial charge < -0.3 is 14.9 Å². The zero-order valence-electron chi connectivity index (χ0n) is 9.20. The molecule has 0 bridgehead atoms. The second-order valence-electron chi connectivity index (χ2n) is 3.34. The summed E-state index contributed by atoms with van der Waals surface area (Å²) in [5.41, 5.74) is 0.344.